The number of benzene rings is 1. The number of carbonyl (C=O) groups is 1. The summed E-state index contributed by atoms with van der Waals surface area (Å²) in [6.45, 7) is 6.53. The number of carbonyl (C=O) groups excluding carboxylic acids is 1. The topological polar surface area (TPSA) is 29.1 Å². The molecule has 0 bridgehead atoms. The van der Waals surface area contributed by atoms with Crippen LogP contribution < -0.4 is 5.32 Å². The van der Waals surface area contributed by atoms with Crippen molar-refractivity contribution in [1.82, 2.24) is 5.32 Å². The summed E-state index contributed by atoms with van der Waals surface area (Å²) in [5.74, 6) is -0.888. The summed E-state index contributed by atoms with van der Waals surface area (Å²) in [6.07, 6.45) is 0. The number of rotatable bonds is 2. The van der Waals surface area contributed by atoms with Gasteiger partial charge in [0, 0.05) is 11.0 Å². The number of hydrogen-bond donors (Lipinski definition) is 1. The second-order valence-corrected chi connectivity index (χ2v) is 5.78. The van der Waals surface area contributed by atoms with Gasteiger partial charge in [0.05, 0.1) is 5.56 Å². The van der Waals surface area contributed by atoms with E-state index in [-0.39, 0.29) is 16.9 Å². The lowest BCUT2D eigenvalue weighted by Gasteiger charge is -2.18. The van der Waals surface area contributed by atoms with Gasteiger partial charge in [0.2, 0.25) is 0 Å². The molecule has 88 valence electrons. The molecule has 16 heavy (non-hydrogen) atoms. The van der Waals surface area contributed by atoms with E-state index in [0.717, 1.165) is 0 Å². The minimum absolute atomic E-state index is 0.0124. The first kappa shape index (κ1) is 13.2. The average molecular weight is 288 g/mol. The molecule has 0 aliphatic heterocycles. The van der Waals surface area contributed by atoms with Gasteiger partial charge in [-0.1, -0.05) is 36.7 Å². The third-order valence-corrected chi connectivity index (χ3v) is 2.45. The zero-order valence-corrected chi connectivity index (χ0v) is 11.2. The highest BCUT2D eigenvalue weighted by Gasteiger charge is 2.15. The van der Waals surface area contributed by atoms with Gasteiger partial charge in [-0.05, 0) is 23.6 Å². The maximum absolute atomic E-state index is 13.4. The van der Waals surface area contributed by atoms with Crippen LogP contribution in [0, 0.1) is 11.2 Å². The Hall–Kier alpha value is -0.900. The largest absolute Gasteiger partial charge is 0.351 e. The van der Waals surface area contributed by atoms with Crippen molar-refractivity contribution in [2.75, 3.05) is 6.54 Å². The molecule has 0 atom stereocenters. The number of nitrogens with one attached hydrogen (secondary N) is 1. The Bertz CT molecular complexity index is 398. The predicted octanol–water partition coefficient (Wildman–Crippen LogP) is 3.36. The van der Waals surface area contributed by atoms with E-state index in [1.54, 1.807) is 6.07 Å². The van der Waals surface area contributed by atoms with Crippen LogP contribution in [0.15, 0.2) is 22.7 Å². The second kappa shape index (κ2) is 4.95. The molecule has 1 N–H and O–H groups in total. The van der Waals surface area contributed by atoms with Crippen molar-refractivity contribution in [2.45, 2.75) is 20.8 Å². The lowest BCUT2D eigenvalue weighted by Crippen LogP contribution is -2.32. The highest BCUT2D eigenvalue weighted by Crippen LogP contribution is 2.16. The van der Waals surface area contributed by atoms with Crippen LogP contribution in [0.3, 0.4) is 0 Å². The molecule has 1 rings (SSSR count). The molecule has 0 heterocycles. The zero-order chi connectivity index (χ0) is 12.3. The van der Waals surface area contributed by atoms with Gasteiger partial charge in [-0.3, -0.25) is 4.79 Å². The molecule has 1 aromatic carbocycles. The molecule has 0 aromatic heterocycles. The quantitative estimate of drug-likeness (QED) is 0.888. The zero-order valence-electron chi connectivity index (χ0n) is 9.60. The molecular weight excluding hydrogens is 273 g/mol. The van der Waals surface area contributed by atoms with E-state index < -0.39 is 5.82 Å². The smallest absolute Gasteiger partial charge is 0.254 e. The van der Waals surface area contributed by atoms with Gasteiger partial charge in [-0.2, -0.15) is 0 Å². The van der Waals surface area contributed by atoms with E-state index in [0.29, 0.717) is 11.0 Å². The lowest BCUT2D eigenvalue weighted by atomic mass is 9.97. The van der Waals surface area contributed by atoms with Gasteiger partial charge in [0.1, 0.15) is 5.82 Å². The summed E-state index contributed by atoms with van der Waals surface area (Å²) in [6, 6.07) is 4.40. The summed E-state index contributed by atoms with van der Waals surface area (Å²) in [5, 5.41) is 2.70. The van der Waals surface area contributed by atoms with Crippen molar-refractivity contribution < 1.29 is 9.18 Å². The van der Waals surface area contributed by atoms with Gasteiger partial charge >= 0.3 is 0 Å². The third kappa shape index (κ3) is 3.93. The normalized spacial score (nSPS) is 11.3. The molecule has 0 saturated carbocycles. The molecule has 0 aliphatic rings. The van der Waals surface area contributed by atoms with E-state index >= 15 is 0 Å². The van der Waals surface area contributed by atoms with Gasteiger partial charge in [0.15, 0.2) is 0 Å². The van der Waals surface area contributed by atoms with Crippen LogP contribution in [-0.2, 0) is 0 Å². The van der Waals surface area contributed by atoms with E-state index in [1.165, 1.54) is 12.1 Å². The fourth-order valence-corrected chi connectivity index (χ4v) is 1.45. The van der Waals surface area contributed by atoms with Crippen LogP contribution in [0.2, 0.25) is 0 Å². The van der Waals surface area contributed by atoms with Crippen LogP contribution >= 0.6 is 15.9 Å². The number of hydrogen-bond acceptors (Lipinski definition) is 1. The van der Waals surface area contributed by atoms with E-state index in [2.05, 4.69) is 21.2 Å². The van der Waals surface area contributed by atoms with Crippen molar-refractivity contribution in [3.63, 3.8) is 0 Å². The minimum Gasteiger partial charge on any atom is -0.351 e. The molecule has 1 amide bonds. The predicted molar refractivity (Wildman–Crippen MR) is 65.9 cm³/mol. The molecular formula is C12H15BrFNO. The van der Waals surface area contributed by atoms with Crippen molar-refractivity contribution in [1.29, 1.82) is 0 Å². The van der Waals surface area contributed by atoms with Crippen molar-refractivity contribution >= 4 is 21.8 Å². The van der Waals surface area contributed by atoms with Crippen molar-refractivity contribution in [3.05, 3.63) is 34.1 Å². The first-order chi connectivity index (χ1) is 7.29. The monoisotopic (exact) mass is 287 g/mol. The Morgan fingerprint density at radius 1 is 1.44 bits per heavy atom. The summed E-state index contributed by atoms with van der Waals surface area (Å²) < 4.78 is 14.1. The molecule has 0 fully saturated rings. The molecule has 0 radical (unpaired) electrons. The molecule has 2 nitrogen and oxygen atoms in total. The molecule has 0 saturated heterocycles. The summed E-state index contributed by atoms with van der Waals surface area (Å²) in [4.78, 5) is 11.7. The Morgan fingerprint density at radius 2 is 2.06 bits per heavy atom. The molecule has 4 heteroatoms. The lowest BCUT2D eigenvalue weighted by molar-refractivity contribution is 0.0935. The van der Waals surface area contributed by atoms with Crippen LogP contribution in [-0.4, -0.2) is 12.5 Å². The van der Waals surface area contributed by atoms with Gasteiger partial charge in [-0.25, -0.2) is 4.39 Å². The Morgan fingerprint density at radius 3 is 2.56 bits per heavy atom. The first-order valence-electron chi connectivity index (χ1n) is 5.03. The van der Waals surface area contributed by atoms with Crippen molar-refractivity contribution in [3.8, 4) is 0 Å². The van der Waals surface area contributed by atoms with Gasteiger partial charge in [-0.15, -0.1) is 0 Å². The van der Waals surface area contributed by atoms with Crippen LogP contribution in [0.1, 0.15) is 31.1 Å². The first-order valence-corrected chi connectivity index (χ1v) is 5.82. The maximum atomic E-state index is 13.4. The number of amides is 1. The van der Waals surface area contributed by atoms with E-state index in [1.807, 2.05) is 20.8 Å². The Balaban J connectivity index is 2.74. The SMILES string of the molecule is CC(C)(C)CNC(=O)c1ccc(Br)cc1F. The van der Waals surface area contributed by atoms with Crippen LogP contribution in [0.4, 0.5) is 4.39 Å². The molecule has 0 aliphatic carbocycles. The third-order valence-electron chi connectivity index (χ3n) is 1.96. The highest BCUT2D eigenvalue weighted by molar-refractivity contribution is 9.10. The average Bonchev–Trinajstić information content (AvgIpc) is 2.13. The number of halogens is 2. The van der Waals surface area contributed by atoms with Crippen LogP contribution in [0.5, 0.6) is 0 Å². The molecule has 0 spiro atoms. The van der Waals surface area contributed by atoms with Crippen molar-refractivity contribution in [2.24, 2.45) is 5.41 Å². The van der Waals surface area contributed by atoms with Gasteiger partial charge in [0.25, 0.3) is 5.91 Å². The van der Waals surface area contributed by atoms with E-state index in [4.69, 9.17) is 0 Å². The molecule has 0 unspecified atom stereocenters. The fourth-order valence-electron chi connectivity index (χ4n) is 1.11. The summed E-state index contributed by atoms with van der Waals surface area (Å²) in [7, 11) is 0. The summed E-state index contributed by atoms with van der Waals surface area (Å²) in [5.41, 5.74) is 0.0639. The van der Waals surface area contributed by atoms with Gasteiger partial charge < -0.3 is 5.32 Å². The molecule has 1 aromatic rings. The minimum atomic E-state index is -0.513. The Kier molecular flexibility index (Phi) is 4.08. The second-order valence-electron chi connectivity index (χ2n) is 4.87. The van der Waals surface area contributed by atoms with E-state index in [9.17, 15) is 9.18 Å². The Labute approximate surface area is 103 Å². The summed E-state index contributed by atoms with van der Waals surface area (Å²) >= 11 is 3.14. The maximum Gasteiger partial charge on any atom is 0.254 e. The van der Waals surface area contributed by atoms with Crippen LogP contribution in [0.25, 0.3) is 0 Å². The fraction of sp³-hybridized carbons (Fsp3) is 0.417. The standard InChI is InChI=1S/C12H15BrFNO/c1-12(2,3)7-15-11(16)9-5-4-8(13)6-10(9)14/h4-6H,7H2,1-3H3,(H,15,16). The highest BCUT2D eigenvalue weighted by atomic mass is 79.9.